The van der Waals surface area contributed by atoms with Crippen molar-refractivity contribution >= 4 is 10.0 Å². The Morgan fingerprint density at radius 3 is 2.71 bits per heavy atom. The zero-order valence-electron chi connectivity index (χ0n) is 11.5. The Bertz CT molecular complexity index is 619. The molecule has 7 nitrogen and oxygen atoms in total. The number of morpholine rings is 1. The minimum atomic E-state index is -3.62. The van der Waals surface area contributed by atoms with E-state index < -0.39 is 10.0 Å². The first-order valence-electron chi connectivity index (χ1n) is 6.82. The fourth-order valence-electron chi connectivity index (χ4n) is 2.46. The number of benzene rings is 1. The summed E-state index contributed by atoms with van der Waals surface area (Å²) in [4.78, 5) is 0.187. The molecular weight excluding hydrogens is 296 g/mol. The number of hydrogen-bond donors (Lipinski definition) is 1. The van der Waals surface area contributed by atoms with Gasteiger partial charge in [0.15, 0.2) is 11.5 Å². The highest BCUT2D eigenvalue weighted by Crippen LogP contribution is 2.33. The molecule has 2 aliphatic heterocycles. The van der Waals surface area contributed by atoms with Crippen molar-refractivity contribution in [1.29, 1.82) is 0 Å². The molecule has 2 N–H and O–H groups in total. The van der Waals surface area contributed by atoms with Crippen LogP contribution in [0.2, 0.25) is 0 Å². The lowest BCUT2D eigenvalue weighted by Crippen LogP contribution is -2.51. The monoisotopic (exact) mass is 314 g/mol. The van der Waals surface area contributed by atoms with Crippen molar-refractivity contribution in [3.63, 3.8) is 0 Å². The number of nitrogens with zero attached hydrogens (tertiary/aromatic N) is 1. The van der Waals surface area contributed by atoms with Gasteiger partial charge in [0.2, 0.25) is 10.0 Å². The van der Waals surface area contributed by atoms with Gasteiger partial charge in [-0.1, -0.05) is 0 Å². The van der Waals surface area contributed by atoms with Crippen molar-refractivity contribution in [2.24, 2.45) is 5.73 Å². The number of rotatable bonds is 3. The van der Waals surface area contributed by atoms with E-state index in [9.17, 15) is 8.42 Å². The Kier molecular flexibility index (Phi) is 4.03. The molecule has 1 aromatic rings. The SMILES string of the molecule is NCC1COCCN1S(=O)(=O)c1ccc2c(c1)OCCO2. The van der Waals surface area contributed by atoms with E-state index in [2.05, 4.69) is 0 Å². The van der Waals surface area contributed by atoms with Gasteiger partial charge in [0.05, 0.1) is 24.2 Å². The topological polar surface area (TPSA) is 91.1 Å². The summed E-state index contributed by atoms with van der Waals surface area (Å²) in [5, 5.41) is 0. The zero-order chi connectivity index (χ0) is 14.9. The lowest BCUT2D eigenvalue weighted by Gasteiger charge is -2.33. The molecule has 21 heavy (non-hydrogen) atoms. The highest BCUT2D eigenvalue weighted by molar-refractivity contribution is 7.89. The summed E-state index contributed by atoms with van der Waals surface area (Å²) < 4.78 is 43.1. The van der Waals surface area contributed by atoms with Crippen LogP contribution in [0, 0.1) is 0 Å². The standard InChI is InChI=1S/C13H18N2O5S/c14-8-10-9-18-4-3-15(10)21(16,17)11-1-2-12-13(7-11)20-6-5-19-12/h1-2,7,10H,3-6,8-9,14H2. The predicted octanol–water partition coefficient (Wildman–Crippen LogP) is -0.194. The molecule has 0 spiro atoms. The van der Waals surface area contributed by atoms with E-state index in [0.717, 1.165) is 0 Å². The Morgan fingerprint density at radius 2 is 1.95 bits per heavy atom. The van der Waals surface area contributed by atoms with Gasteiger partial charge >= 0.3 is 0 Å². The van der Waals surface area contributed by atoms with Crippen LogP contribution in [-0.4, -0.2) is 58.3 Å². The Hall–Kier alpha value is -1.35. The van der Waals surface area contributed by atoms with Gasteiger partial charge < -0.3 is 19.9 Å². The van der Waals surface area contributed by atoms with E-state index >= 15 is 0 Å². The number of nitrogens with two attached hydrogens (primary N) is 1. The summed E-state index contributed by atoms with van der Waals surface area (Å²) in [6.07, 6.45) is 0. The molecule has 1 unspecified atom stereocenters. The van der Waals surface area contributed by atoms with E-state index in [1.807, 2.05) is 0 Å². The molecule has 0 bridgehead atoms. The molecule has 0 amide bonds. The van der Waals surface area contributed by atoms with Gasteiger partial charge in [0.1, 0.15) is 13.2 Å². The Labute approximate surface area is 123 Å². The van der Waals surface area contributed by atoms with E-state index in [-0.39, 0.29) is 17.5 Å². The molecule has 2 heterocycles. The molecule has 0 aliphatic carbocycles. The van der Waals surface area contributed by atoms with Gasteiger partial charge in [0, 0.05) is 19.2 Å². The average molecular weight is 314 g/mol. The molecule has 116 valence electrons. The summed E-state index contributed by atoms with van der Waals surface area (Å²) in [6.45, 7) is 2.11. The minimum absolute atomic E-state index is 0.187. The summed E-state index contributed by atoms with van der Waals surface area (Å²) in [6, 6.07) is 4.33. The molecule has 1 aromatic carbocycles. The summed E-state index contributed by atoms with van der Waals surface area (Å²) >= 11 is 0. The van der Waals surface area contributed by atoms with E-state index in [1.165, 1.54) is 16.4 Å². The summed E-state index contributed by atoms with van der Waals surface area (Å²) in [7, 11) is -3.62. The van der Waals surface area contributed by atoms with Crippen LogP contribution in [0.15, 0.2) is 23.1 Å². The van der Waals surface area contributed by atoms with Crippen LogP contribution in [0.25, 0.3) is 0 Å². The molecule has 1 saturated heterocycles. The van der Waals surface area contributed by atoms with E-state index in [1.54, 1.807) is 6.07 Å². The first kappa shape index (κ1) is 14.6. The largest absolute Gasteiger partial charge is 0.486 e. The van der Waals surface area contributed by atoms with Crippen LogP contribution in [0.5, 0.6) is 11.5 Å². The maximum Gasteiger partial charge on any atom is 0.243 e. The summed E-state index contributed by atoms with van der Waals surface area (Å²) in [5.74, 6) is 1.03. The molecule has 0 saturated carbocycles. The first-order chi connectivity index (χ1) is 10.1. The van der Waals surface area contributed by atoms with Crippen molar-refractivity contribution in [2.75, 3.05) is 39.5 Å². The second-order valence-electron chi connectivity index (χ2n) is 4.89. The second kappa shape index (κ2) is 5.80. The Balaban J connectivity index is 1.94. The lowest BCUT2D eigenvalue weighted by molar-refractivity contribution is 0.0358. The third-order valence-corrected chi connectivity index (χ3v) is 5.51. The van der Waals surface area contributed by atoms with Crippen LogP contribution in [0.3, 0.4) is 0 Å². The molecule has 2 aliphatic rings. The van der Waals surface area contributed by atoms with Gasteiger partial charge in [-0.3, -0.25) is 0 Å². The molecule has 1 fully saturated rings. The van der Waals surface area contributed by atoms with Crippen LogP contribution in [0.4, 0.5) is 0 Å². The van der Waals surface area contributed by atoms with Crippen LogP contribution < -0.4 is 15.2 Å². The van der Waals surface area contributed by atoms with Crippen LogP contribution in [-0.2, 0) is 14.8 Å². The quantitative estimate of drug-likeness (QED) is 0.831. The fourth-order valence-corrected chi connectivity index (χ4v) is 4.08. The number of ether oxygens (including phenoxy) is 3. The fraction of sp³-hybridized carbons (Fsp3) is 0.538. The molecule has 0 radical (unpaired) electrons. The van der Waals surface area contributed by atoms with Crippen molar-refractivity contribution in [3.05, 3.63) is 18.2 Å². The van der Waals surface area contributed by atoms with Crippen LogP contribution >= 0.6 is 0 Å². The first-order valence-corrected chi connectivity index (χ1v) is 8.26. The van der Waals surface area contributed by atoms with Gasteiger partial charge in [-0.05, 0) is 12.1 Å². The molecule has 3 rings (SSSR count). The third-order valence-electron chi connectivity index (χ3n) is 3.57. The smallest absolute Gasteiger partial charge is 0.243 e. The van der Waals surface area contributed by atoms with Crippen LogP contribution in [0.1, 0.15) is 0 Å². The molecular formula is C13H18N2O5S. The predicted molar refractivity (Wildman–Crippen MR) is 75.0 cm³/mol. The zero-order valence-corrected chi connectivity index (χ0v) is 12.3. The van der Waals surface area contributed by atoms with Gasteiger partial charge in [-0.2, -0.15) is 4.31 Å². The second-order valence-corrected chi connectivity index (χ2v) is 6.78. The van der Waals surface area contributed by atoms with E-state index in [0.29, 0.717) is 44.5 Å². The van der Waals surface area contributed by atoms with Gasteiger partial charge in [-0.25, -0.2) is 8.42 Å². The highest BCUT2D eigenvalue weighted by atomic mass is 32.2. The average Bonchev–Trinajstić information content (AvgIpc) is 2.54. The maximum atomic E-state index is 12.8. The number of fused-ring (bicyclic) bond motifs is 1. The number of hydrogen-bond acceptors (Lipinski definition) is 6. The highest BCUT2D eigenvalue weighted by Gasteiger charge is 2.34. The van der Waals surface area contributed by atoms with Crippen molar-refractivity contribution in [1.82, 2.24) is 4.31 Å². The molecule has 1 atom stereocenters. The molecule has 0 aromatic heterocycles. The van der Waals surface area contributed by atoms with Gasteiger partial charge in [0.25, 0.3) is 0 Å². The minimum Gasteiger partial charge on any atom is -0.486 e. The van der Waals surface area contributed by atoms with Gasteiger partial charge in [-0.15, -0.1) is 0 Å². The van der Waals surface area contributed by atoms with Crippen molar-refractivity contribution in [2.45, 2.75) is 10.9 Å². The Morgan fingerprint density at radius 1 is 1.19 bits per heavy atom. The number of sulfonamides is 1. The third kappa shape index (κ3) is 2.71. The maximum absolute atomic E-state index is 12.8. The van der Waals surface area contributed by atoms with Crippen molar-refractivity contribution < 1.29 is 22.6 Å². The van der Waals surface area contributed by atoms with Crippen molar-refractivity contribution in [3.8, 4) is 11.5 Å². The summed E-state index contributed by atoms with van der Waals surface area (Å²) in [5.41, 5.74) is 5.65. The van der Waals surface area contributed by atoms with E-state index in [4.69, 9.17) is 19.9 Å². The lowest BCUT2D eigenvalue weighted by atomic mass is 10.3. The molecule has 8 heteroatoms. The normalized spacial score (nSPS) is 23.0.